The van der Waals surface area contributed by atoms with Crippen molar-refractivity contribution in [3.8, 4) is 0 Å². The number of hydrogen-bond donors (Lipinski definition) is 3. The average molecular weight is 426 g/mol. The lowest BCUT2D eigenvalue weighted by Crippen LogP contribution is -2.60. The van der Waals surface area contributed by atoms with E-state index in [1.165, 1.54) is 12.1 Å². The van der Waals surface area contributed by atoms with Crippen LogP contribution in [0.15, 0.2) is 77.7 Å². The smallest absolute Gasteiger partial charge is 0.306 e. The summed E-state index contributed by atoms with van der Waals surface area (Å²) in [4.78, 5) is 21.5. The van der Waals surface area contributed by atoms with E-state index in [1.54, 1.807) is 30.3 Å². The minimum atomic E-state index is -4.53. The summed E-state index contributed by atoms with van der Waals surface area (Å²) in [5.74, 6) is -2.53. The molecule has 0 aromatic heterocycles. The molecule has 4 N–H and O–H groups in total. The van der Waals surface area contributed by atoms with Crippen molar-refractivity contribution >= 4 is 32.5 Å². The van der Waals surface area contributed by atoms with Crippen LogP contribution in [0.5, 0.6) is 0 Å². The van der Waals surface area contributed by atoms with Crippen LogP contribution in [0.3, 0.4) is 0 Å². The van der Waals surface area contributed by atoms with Gasteiger partial charge in [-0.15, -0.1) is 0 Å². The number of nitrogens with one attached hydrogen (secondary N) is 1. The molecule has 0 bridgehead atoms. The fraction of sp³-hybridized carbons (Fsp3) is 0.182. The molecule has 1 amide bonds. The number of rotatable bonds is 8. The number of fused-ring (bicyclic) bond motifs is 1. The van der Waals surface area contributed by atoms with Gasteiger partial charge in [-0.05, 0) is 23.4 Å². The van der Waals surface area contributed by atoms with Crippen LogP contribution in [-0.2, 0) is 25.8 Å². The molecule has 0 aliphatic heterocycles. The molecule has 0 spiro atoms. The Hall–Kier alpha value is -3.23. The highest BCUT2D eigenvalue weighted by Gasteiger charge is 2.50. The molecule has 0 saturated carbocycles. The number of carboxylic acids is 1. The third kappa shape index (κ3) is 4.19. The van der Waals surface area contributed by atoms with Gasteiger partial charge >= 0.3 is 5.97 Å². The zero-order chi connectivity index (χ0) is 21.8. The zero-order valence-corrected chi connectivity index (χ0v) is 16.9. The summed E-state index contributed by atoms with van der Waals surface area (Å²) in [5.41, 5.74) is 6.98. The summed E-state index contributed by atoms with van der Waals surface area (Å²) >= 11 is 0. The number of benzene rings is 3. The molecule has 156 valence electrons. The molecule has 0 aliphatic carbocycles. The van der Waals surface area contributed by atoms with Gasteiger partial charge in [0.1, 0.15) is 0 Å². The van der Waals surface area contributed by atoms with Crippen LogP contribution in [-0.4, -0.2) is 36.8 Å². The number of amides is 1. The first-order chi connectivity index (χ1) is 14.3. The van der Waals surface area contributed by atoms with Crippen molar-refractivity contribution in [1.29, 1.82) is 0 Å². The molecule has 7 nitrogen and oxygen atoms in total. The zero-order valence-electron chi connectivity index (χ0n) is 16.1. The lowest BCUT2D eigenvalue weighted by molar-refractivity contribution is -0.140. The minimum absolute atomic E-state index is 0.118. The lowest BCUT2D eigenvalue weighted by atomic mass is 10.1. The highest BCUT2D eigenvalue weighted by molar-refractivity contribution is 7.93. The quantitative estimate of drug-likeness (QED) is 0.506. The number of carbonyl (C=O) groups excluding carboxylic acids is 1. The number of hydrogen-bond acceptors (Lipinski definition) is 5. The Kier molecular flexibility index (Phi) is 6.19. The lowest BCUT2D eigenvalue weighted by Gasteiger charge is -2.27. The van der Waals surface area contributed by atoms with Crippen LogP contribution >= 0.6 is 0 Å². The second-order valence-electron chi connectivity index (χ2n) is 6.93. The molecule has 0 unspecified atom stereocenters. The second kappa shape index (κ2) is 8.64. The predicted octanol–water partition coefficient (Wildman–Crippen LogP) is 2.10. The Morgan fingerprint density at radius 2 is 1.57 bits per heavy atom. The second-order valence-corrected chi connectivity index (χ2v) is 9.11. The maximum absolute atomic E-state index is 13.4. The van der Waals surface area contributed by atoms with Gasteiger partial charge in [-0.3, -0.25) is 9.59 Å². The summed E-state index contributed by atoms with van der Waals surface area (Å²) < 4.78 is 26.9. The molecule has 0 heterocycles. The van der Waals surface area contributed by atoms with Crippen molar-refractivity contribution < 1.29 is 23.1 Å². The third-order valence-electron chi connectivity index (χ3n) is 4.86. The van der Waals surface area contributed by atoms with Crippen LogP contribution in [0.25, 0.3) is 10.8 Å². The van der Waals surface area contributed by atoms with Gasteiger partial charge in [0, 0.05) is 11.9 Å². The molecule has 0 fully saturated rings. The van der Waals surface area contributed by atoms with E-state index in [9.17, 15) is 23.1 Å². The molecule has 0 saturated heterocycles. The van der Waals surface area contributed by atoms with Gasteiger partial charge in [-0.2, -0.15) is 0 Å². The number of sulfone groups is 1. The number of nitrogens with two attached hydrogens (primary N) is 1. The SMILES string of the molecule is N[C@@](CC(=O)O)(C(=O)NCCc1ccccc1)S(=O)(=O)c1cccc2ccccc12. The Balaban J connectivity index is 1.94. The molecule has 1 atom stereocenters. The van der Waals surface area contributed by atoms with Crippen molar-refractivity contribution in [3.05, 3.63) is 78.4 Å². The first-order valence-corrected chi connectivity index (χ1v) is 10.8. The van der Waals surface area contributed by atoms with Crippen molar-refractivity contribution in [2.75, 3.05) is 6.54 Å². The molecule has 3 aromatic carbocycles. The van der Waals surface area contributed by atoms with Crippen LogP contribution in [0.2, 0.25) is 0 Å². The minimum Gasteiger partial charge on any atom is -0.481 e. The van der Waals surface area contributed by atoms with Gasteiger partial charge in [0.05, 0.1) is 11.3 Å². The molecule has 0 radical (unpaired) electrons. The fourth-order valence-electron chi connectivity index (χ4n) is 3.26. The van der Waals surface area contributed by atoms with Gasteiger partial charge in [-0.25, -0.2) is 8.42 Å². The van der Waals surface area contributed by atoms with E-state index < -0.39 is 33.0 Å². The Morgan fingerprint density at radius 3 is 2.27 bits per heavy atom. The summed E-state index contributed by atoms with van der Waals surface area (Å²) in [5, 5.41) is 12.8. The Bertz CT molecular complexity index is 1170. The molecule has 8 heteroatoms. The molecule has 30 heavy (non-hydrogen) atoms. The van der Waals surface area contributed by atoms with Crippen LogP contribution in [0.4, 0.5) is 0 Å². The van der Waals surface area contributed by atoms with Crippen LogP contribution in [0, 0.1) is 0 Å². The first-order valence-electron chi connectivity index (χ1n) is 9.31. The number of carbonyl (C=O) groups is 2. The van der Waals surface area contributed by atoms with Gasteiger partial charge in [0.25, 0.3) is 5.91 Å². The summed E-state index contributed by atoms with van der Waals surface area (Å²) in [6, 6.07) is 20.6. The maximum Gasteiger partial charge on any atom is 0.306 e. The number of aliphatic carboxylic acids is 1. The van der Waals surface area contributed by atoms with E-state index in [0.29, 0.717) is 17.2 Å². The summed E-state index contributed by atoms with van der Waals surface area (Å²) in [7, 11) is -4.53. The third-order valence-corrected chi connectivity index (χ3v) is 7.08. The summed E-state index contributed by atoms with van der Waals surface area (Å²) in [6.45, 7) is 0.118. The van der Waals surface area contributed by atoms with E-state index in [2.05, 4.69) is 5.32 Å². The van der Waals surface area contributed by atoms with E-state index in [4.69, 9.17) is 5.73 Å². The van der Waals surface area contributed by atoms with Crippen molar-refractivity contribution in [2.24, 2.45) is 5.73 Å². The summed E-state index contributed by atoms with van der Waals surface area (Å²) in [6.07, 6.45) is -0.611. The van der Waals surface area contributed by atoms with Gasteiger partial charge in [0.15, 0.2) is 0 Å². The van der Waals surface area contributed by atoms with E-state index in [-0.39, 0.29) is 11.4 Å². The molecular formula is C22H22N2O5S. The standard InChI is InChI=1S/C22H22N2O5S/c23-22(15-20(25)26,21(27)24-14-13-16-7-2-1-3-8-16)30(28,29)19-12-6-10-17-9-4-5-11-18(17)19/h1-12H,13-15,23H2,(H,24,27)(H,25,26)/t22-/m1/s1. The van der Waals surface area contributed by atoms with Gasteiger partial charge < -0.3 is 16.2 Å². The van der Waals surface area contributed by atoms with Crippen LogP contribution < -0.4 is 11.1 Å². The highest BCUT2D eigenvalue weighted by Crippen LogP contribution is 2.31. The predicted molar refractivity (Wildman–Crippen MR) is 113 cm³/mol. The van der Waals surface area contributed by atoms with E-state index in [0.717, 1.165) is 5.56 Å². The highest BCUT2D eigenvalue weighted by atomic mass is 32.2. The largest absolute Gasteiger partial charge is 0.481 e. The molecular weight excluding hydrogens is 404 g/mol. The molecule has 3 aromatic rings. The fourth-order valence-corrected chi connectivity index (χ4v) is 5.02. The van der Waals surface area contributed by atoms with Crippen molar-refractivity contribution in [3.63, 3.8) is 0 Å². The van der Waals surface area contributed by atoms with Gasteiger partial charge in [-0.1, -0.05) is 66.7 Å². The Morgan fingerprint density at radius 1 is 0.933 bits per heavy atom. The topological polar surface area (TPSA) is 127 Å². The van der Waals surface area contributed by atoms with Crippen LogP contribution in [0.1, 0.15) is 12.0 Å². The Labute approximate surface area is 174 Å². The normalized spacial score (nSPS) is 13.5. The number of carboxylic acid groups (broad SMARTS) is 1. The molecule has 3 rings (SSSR count). The van der Waals surface area contributed by atoms with E-state index in [1.807, 2.05) is 30.3 Å². The van der Waals surface area contributed by atoms with Gasteiger partial charge in [0.2, 0.25) is 14.7 Å². The van der Waals surface area contributed by atoms with Crippen molar-refractivity contribution in [2.45, 2.75) is 22.6 Å². The van der Waals surface area contributed by atoms with Crippen molar-refractivity contribution in [1.82, 2.24) is 5.32 Å². The van der Waals surface area contributed by atoms with E-state index >= 15 is 0 Å². The monoisotopic (exact) mass is 426 g/mol. The first kappa shape index (κ1) is 21.5. The molecule has 0 aliphatic rings. The average Bonchev–Trinajstić information content (AvgIpc) is 2.73. The maximum atomic E-state index is 13.4.